The molecule has 0 bridgehead atoms. The minimum Gasteiger partial charge on any atom is -0.489 e. The molecule has 3 nitrogen and oxygen atoms in total. The van der Waals surface area contributed by atoms with Crippen LogP contribution in [0.15, 0.2) is 72.5 Å². The molecule has 0 amide bonds. The molecule has 0 aliphatic carbocycles. The van der Waals surface area contributed by atoms with Gasteiger partial charge in [-0.25, -0.2) is 4.39 Å². The maximum absolute atomic E-state index is 13.7. The van der Waals surface area contributed by atoms with Crippen LogP contribution in [0.3, 0.4) is 0 Å². The molecular formula is C22H14ClFO3. The molecule has 4 rings (SSSR count). The van der Waals surface area contributed by atoms with Gasteiger partial charge in [0.25, 0.3) is 0 Å². The molecule has 0 unspecified atom stereocenters. The van der Waals surface area contributed by atoms with E-state index in [1.807, 2.05) is 12.1 Å². The summed E-state index contributed by atoms with van der Waals surface area (Å²) < 4.78 is 25.0. The third kappa shape index (κ3) is 3.57. The predicted octanol–water partition coefficient (Wildman–Crippen LogP) is 5.67. The minimum atomic E-state index is -0.324. The van der Waals surface area contributed by atoms with Gasteiger partial charge in [0.15, 0.2) is 5.76 Å². The molecule has 0 atom stereocenters. The lowest BCUT2D eigenvalue weighted by Gasteiger charge is -2.08. The first-order valence-corrected chi connectivity index (χ1v) is 8.68. The number of Topliss-reactive ketones (excluding diaryl/α,β-unsaturated/α-hetero) is 1. The van der Waals surface area contributed by atoms with Crippen molar-refractivity contribution in [2.75, 3.05) is 0 Å². The molecule has 5 heteroatoms. The minimum absolute atomic E-state index is 0.0850. The summed E-state index contributed by atoms with van der Waals surface area (Å²) in [6, 6.07) is 18.5. The number of benzene rings is 3. The summed E-state index contributed by atoms with van der Waals surface area (Å²) in [7, 11) is 0. The van der Waals surface area contributed by atoms with Crippen molar-refractivity contribution in [2.45, 2.75) is 6.61 Å². The molecule has 1 aliphatic rings. The first-order valence-electron chi connectivity index (χ1n) is 8.31. The van der Waals surface area contributed by atoms with Crippen molar-refractivity contribution in [3.8, 4) is 11.5 Å². The Morgan fingerprint density at radius 2 is 1.81 bits per heavy atom. The van der Waals surface area contributed by atoms with E-state index in [1.165, 1.54) is 6.07 Å². The molecule has 27 heavy (non-hydrogen) atoms. The Morgan fingerprint density at radius 1 is 1.04 bits per heavy atom. The number of fused-ring (bicyclic) bond motifs is 1. The van der Waals surface area contributed by atoms with Crippen molar-refractivity contribution in [1.82, 2.24) is 0 Å². The molecule has 0 spiro atoms. The monoisotopic (exact) mass is 380 g/mol. The van der Waals surface area contributed by atoms with Crippen molar-refractivity contribution < 1.29 is 18.7 Å². The SMILES string of the molecule is O=C1/C(=C/c2ccccc2Cl)Oc2cc(OCc3ccccc3F)ccc21. The molecule has 0 aromatic heterocycles. The van der Waals surface area contributed by atoms with E-state index >= 15 is 0 Å². The van der Waals surface area contributed by atoms with Crippen LogP contribution in [0, 0.1) is 5.82 Å². The summed E-state index contributed by atoms with van der Waals surface area (Å²) in [5.41, 5.74) is 1.60. The van der Waals surface area contributed by atoms with Gasteiger partial charge in [0.1, 0.15) is 23.9 Å². The first-order chi connectivity index (χ1) is 13.1. The second-order valence-corrected chi connectivity index (χ2v) is 6.41. The highest BCUT2D eigenvalue weighted by Crippen LogP contribution is 2.35. The largest absolute Gasteiger partial charge is 0.489 e. The Hall–Kier alpha value is -3.11. The Morgan fingerprint density at radius 3 is 2.63 bits per heavy atom. The van der Waals surface area contributed by atoms with E-state index in [4.69, 9.17) is 21.1 Å². The normalized spacial score (nSPS) is 14.1. The van der Waals surface area contributed by atoms with E-state index in [0.717, 1.165) is 0 Å². The summed E-state index contributed by atoms with van der Waals surface area (Å²) in [6.45, 7) is 0.0850. The fourth-order valence-corrected chi connectivity index (χ4v) is 2.96. The lowest BCUT2D eigenvalue weighted by Crippen LogP contribution is -1.98. The van der Waals surface area contributed by atoms with Gasteiger partial charge in [-0.2, -0.15) is 0 Å². The van der Waals surface area contributed by atoms with Crippen LogP contribution in [-0.2, 0) is 6.61 Å². The number of hydrogen-bond acceptors (Lipinski definition) is 3. The summed E-state index contributed by atoms with van der Waals surface area (Å²) in [5, 5.41) is 0.534. The van der Waals surface area contributed by atoms with Gasteiger partial charge in [0.2, 0.25) is 5.78 Å². The highest BCUT2D eigenvalue weighted by atomic mass is 35.5. The number of halogens is 2. The van der Waals surface area contributed by atoms with Crippen LogP contribution in [0.25, 0.3) is 6.08 Å². The van der Waals surface area contributed by atoms with Gasteiger partial charge >= 0.3 is 0 Å². The van der Waals surface area contributed by atoms with Crippen molar-refractivity contribution in [2.24, 2.45) is 0 Å². The zero-order chi connectivity index (χ0) is 18.8. The Bertz CT molecular complexity index is 1060. The molecule has 0 saturated carbocycles. The van der Waals surface area contributed by atoms with Crippen LogP contribution < -0.4 is 9.47 Å². The zero-order valence-electron chi connectivity index (χ0n) is 14.1. The Labute approximate surface area is 160 Å². The number of ketones is 1. The number of hydrogen-bond donors (Lipinski definition) is 0. The van der Waals surface area contributed by atoms with E-state index in [9.17, 15) is 9.18 Å². The van der Waals surface area contributed by atoms with Crippen LogP contribution in [0.5, 0.6) is 11.5 Å². The molecule has 3 aromatic carbocycles. The topological polar surface area (TPSA) is 35.5 Å². The highest BCUT2D eigenvalue weighted by molar-refractivity contribution is 6.32. The number of ether oxygens (including phenoxy) is 2. The molecule has 3 aromatic rings. The van der Waals surface area contributed by atoms with Gasteiger partial charge in [0, 0.05) is 16.7 Å². The molecule has 134 valence electrons. The van der Waals surface area contributed by atoms with Gasteiger partial charge < -0.3 is 9.47 Å². The molecular weight excluding hydrogens is 367 g/mol. The first kappa shape index (κ1) is 17.3. The van der Waals surface area contributed by atoms with Gasteiger partial charge in [-0.15, -0.1) is 0 Å². The van der Waals surface area contributed by atoms with Gasteiger partial charge in [-0.3, -0.25) is 4.79 Å². The van der Waals surface area contributed by atoms with Crippen LogP contribution in [-0.4, -0.2) is 5.78 Å². The van der Waals surface area contributed by atoms with Crippen molar-refractivity contribution >= 4 is 23.5 Å². The van der Waals surface area contributed by atoms with Gasteiger partial charge in [-0.1, -0.05) is 48.0 Å². The van der Waals surface area contributed by atoms with E-state index in [1.54, 1.807) is 54.6 Å². The van der Waals surface area contributed by atoms with E-state index < -0.39 is 0 Å². The van der Waals surface area contributed by atoms with Crippen LogP contribution in [0.4, 0.5) is 4.39 Å². The summed E-state index contributed by atoms with van der Waals surface area (Å²) in [6.07, 6.45) is 1.62. The fraction of sp³-hybridized carbons (Fsp3) is 0.0455. The third-order valence-corrected chi connectivity index (χ3v) is 4.53. The van der Waals surface area contributed by atoms with Crippen LogP contribution >= 0.6 is 11.6 Å². The van der Waals surface area contributed by atoms with E-state index in [2.05, 4.69) is 0 Å². The molecule has 1 aliphatic heterocycles. The average molecular weight is 381 g/mol. The van der Waals surface area contributed by atoms with Gasteiger partial charge in [0.05, 0.1) is 5.56 Å². The molecule has 0 fully saturated rings. The molecule has 0 N–H and O–H groups in total. The number of rotatable bonds is 4. The Balaban J connectivity index is 1.54. The quantitative estimate of drug-likeness (QED) is 0.547. The smallest absolute Gasteiger partial charge is 0.231 e. The third-order valence-electron chi connectivity index (χ3n) is 4.19. The maximum Gasteiger partial charge on any atom is 0.231 e. The lowest BCUT2D eigenvalue weighted by molar-refractivity contribution is 0.101. The standard InChI is InChI=1S/C22H14ClFO3/c23-18-7-3-1-5-14(18)11-21-22(25)17-10-9-16(12-20(17)27-21)26-13-15-6-2-4-8-19(15)24/h1-12H,13H2/b21-11-. The fourth-order valence-electron chi connectivity index (χ4n) is 2.77. The number of carbonyl (C=O) groups excluding carboxylic acids is 1. The summed E-state index contributed by atoms with van der Waals surface area (Å²) >= 11 is 6.14. The van der Waals surface area contributed by atoms with Crippen molar-refractivity contribution in [3.63, 3.8) is 0 Å². The lowest BCUT2D eigenvalue weighted by atomic mass is 10.1. The number of carbonyl (C=O) groups is 1. The maximum atomic E-state index is 13.7. The van der Waals surface area contributed by atoms with Crippen LogP contribution in [0.1, 0.15) is 21.5 Å². The van der Waals surface area contributed by atoms with E-state index in [0.29, 0.717) is 33.2 Å². The molecule has 0 radical (unpaired) electrons. The highest BCUT2D eigenvalue weighted by Gasteiger charge is 2.28. The predicted molar refractivity (Wildman–Crippen MR) is 102 cm³/mol. The summed E-state index contributed by atoms with van der Waals surface area (Å²) in [4.78, 5) is 12.5. The Kier molecular flexibility index (Phi) is 4.65. The van der Waals surface area contributed by atoms with Crippen LogP contribution in [0.2, 0.25) is 5.02 Å². The summed E-state index contributed by atoms with van der Waals surface area (Å²) in [5.74, 6) is 0.554. The van der Waals surface area contributed by atoms with Gasteiger partial charge in [-0.05, 0) is 35.9 Å². The number of allylic oxidation sites excluding steroid dienone is 1. The second kappa shape index (κ2) is 7.25. The van der Waals surface area contributed by atoms with E-state index in [-0.39, 0.29) is 24.0 Å². The average Bonchev–Trinajstić information content (AvgIpc) is 2.98. The molecule has 0 saturated heterocycles. The van der Waals surface area contributed by atoms with Crippen molar-refractivity contribution in [1.29, 1.82) is 0 Å². The zero-order valence-corrected chi connectivity index (χ0v) is 14.9. The molecule has 1 heterocycles. The van der Waals surface area contributed by atoms with Crippen molar-refractivity contribution in [3.05, 3.63) is 100 Å². The second-order valence-electron chi connectivity index (χ2n) is 6.00.